The molecule has 0 bridgehead atoms. The number of carbonyl (C=O) groups excluding carboxylic acids is 1. The van der Waals surface area contributed by atoms with Crippen molar-refractivity contribution >= 4 is 5.91 Å². The van der Waals surface area contributed by atoms with Crippen molar-refractivity contribution in [1.82, 2.24) is 20.0 Å². The van der Waals surface area contributed by atoms with Crippen LogP contribution in [0.15, 0.2) is 41.2 Å². The first kappa shape index (κ1) is 19.1. The van der Waals surface area contributed by atoms with Crippen LogP contribution < -0.4 is 4.74 Å². The highest BCUT2D eigenvalue weighted by Gasteiger charge is 2.27. The SMILES string of the molecule is COc1cccc(C(=O)N2CCC(Cc3cnc(-c4c(C)noc4C)cn3)C2)c1. The second kappa shape index (κ2) is 8.03. The maximum Gasteiger partial charge on any atom is 0.253 e. The molecule has 1 aliphatic heterocycles. The van der Waals surface area contributed by atoms with E-state index in [9.17, 15) is 4.79 Å². The van der Waals surface area contributed by atoms with E-state index in [-0.39, 0.29) is 5.91 Å². The third-order valence-electron chi connectivity index (χ3n) is 5.38. The van der Waals surface area contributed by atoms with Crippen LogP contribution in [0.4, 0.5) is 0 Å². The van der Waals surface area contributed by atoms with E-state index >= 15 is 0 Å². The lowest BCUT2D eigenvalue weighted by Gasteiger charge is -2.17. The van der Waals surface area contributed by atoms with Gasteiger partial charge in [0.1, 0.15) is 11.5 Å². The van der Waals surface area contributed by atoms with E-state index in [0.717, 1.165) is 54.3 Å². The molecule has 0 radical (unpaired) electrons. The van der Waals surface area contributed by atoms with Crippen LogP contribution in [-0.4, -0.2) is 46.1 Å². The van der Waals surface area contributed by atoms with Crippen molar-refractivity contribution in [3.8, 4) is 17.0 Å². The van der Waals surface area contributed by atoms with Gasteiger partial charge in [-0.05, 0) is 50.8 Å². The second-order valence-corrected chi connectivity index (χ2v) is 7.43. The molecule has 7 nitrogen and oxygen atoms in total. The summed E-state index contributed by atoms with van der Waals surface area (Å²) in [5, 5.41) is 3.97. The maximum atomic E-state index is 12.8. The molecular formula is C22H24N4O3. The van der Waals surface area contributed by atoms with Gasteiger partial charge in [0.2, 0.25) is 0 Å². The van der Waals surface area contributed by atoms with Gasteiger partial charge in [0, 0.05) is 24.8 Å². The van der Waals surface area contributed by atoms with E-state index in [2.05, 4.69) is 15.1 Å². The lowest BCUT2D eigenvalue weighted by Crippen LogP contribution is -2.29. The fraction of sp³-hybridized carbons (Fsp3) is 0.364. The average Bonchev–Trinajstić information content (AvgIpc) is 3.34. The predicted octanol–water partition coefficient (Wildman–Crippen LogP) is 3.46. The Morgan fingerprint density at radius 2 is 2.14 bits per heavy atom. The van der Waals surface area contributed by atoms with Gasteiger partial charge in [-0.25, -0.2) is 0 Å². The largest absolute Gasteiger partial charge is 0.497 e. The van der Waals surface area contributed by atoms with Crippen LogP contribution in [0.5, 0.6) is 5.75 Å². The molecule has 29 heavy (non-hydrogen) atoms. The molecule has 4 rings (SSSR count). The van der Waals surface area contributed by atoms with Crippen LogP contribution in [0.1, 0.15) is 33.9 Å². The fourth-order valence-corrected chi connectivity index (χ4v) is 3.86. The lowest BCUT2D eigenvalue weighted by molar-refractivity contribution is 0.0786. The van der Waals surface area contributed by atoms with Crippen LogP contribution in [0, 0.1) is 19.8 Å². The Balaban J connectivity index is 1.39. The number of methoxy groups -OCH3 is 1. The summed E-state index contributed by atoms with van der Waals surface area (Å²) >= 11 is 0. The van der Waals surface area contributed by atoms with Crippen molar-refractivity contribution in [1.29, 1.82) is 0 Å². The number of carbonyl (C=O) groups is 1. The zero-order valence-electron chi connectivity index (χ0n) is 16.9. The number of aryl methyl sites for hydroxylation is 2. The highest BCUT2D eigenvalue weighted by molar-refractivity contribution is 5.94. The summed E-state index contributed by atoms with van der Waals surface area (Å²) in [7, 11) is 1.60. The minimum absolute atomic E-state index is 0.0474. The van der Waals surface area contributed by atoms with Crippen LogP contribution in [0.3, 0.4) is 0 Å². The lowest BCUT2D eigenvalue weighted by atomic mass is 10.0. The molecule has 1 aromatic carbocycles. The molecule has 0 aliphatic carbocycles. The second-order valence-electron chi connectivity index (χ2n) is 7.43. The number of ether oxygens (including phenoxy) is 1. The van der Waals surface area contributed by atoms with Crippen LogP contribution in [-0.2, 0) is 6.42 Å². The number of rotatable bonds is 5. The smallest absolute Gasteiger partial charge is 0.253 e. The number of hydrogen-bond donors (Lipinski definition) is 0. The Morgan fingerprint density at radius 3 is 2.83 bits per heavy atom. The Bertz CT molecular complexity index is 994. The van der Waals surface area contributed by atoms with Gasteiger partial charge < -0.3 is 14.2 Å². The van der Waals surface area contributed by atoms with Crippen LogP contribution in [0.2, 0.25) is 0 Å². The molecule has 1 saturated heterocycles. The summed E-state index contributed by atoms with van der Waals surface area (Å²) in [6, 6.07) is 7.30. The fourth-order valence-electron chi connectivity index (χ4n) is 3.86. The summed E-state index contributed by atoms with van der Waals surface area (Å²) in [4.78, 5) is 23.8. The summed E-state index contributed by atoms with van der Waals surface area (Å²) < 4.78 is 10.4. The minimum atomic E-state index is 0.0474. The monoisotopic (exact) mass is 392 g/mol. The quantitative estimate of drug-likeness (QED) is 0.661. The molecule has 7 heteroatoms. The molecule has 1 amide bonds. The van der Waals surface area contributed by atoms with E-state index in [4.69, 9.17) is 9.26 Å². The van der Waals surface area contributed by atoms with Crippen molar-refractivity contribution in [3.05, 3.63) is 59.4 Å². The van der Waals surface area contributed by atoms with Crippen molar-refractivity contribution < 1.29 is 14.1 Å². The summed E-state index contributed by atoms with van der Waals surface area (Å²) in [5.41, 5.74) is 4.08. The molecule has 3 heterocycles. The normalized spacial score (nSPS) is 16.2. The number of nitrogens with zero attached hydrogens (tertiary/aromatic N) is 4. The van der Waals surface area contributed by atoms with Gasteiger partial charge in [-0.3, -0.25) is 14.8 Å². The van der Waals surface area contributed by atoms with Crippen LogP contribution >= 0.6 is 0 Å². The molecule has 3 aromatic rings. The molecule has 150 valence electrons. The maximum absolute atomic E-state index is 12.8. The Hall–Kier alpha value is -3.22. The van der Waals surface area contributed by atoms with E-state index in [1.807, 2.05) is 43.1 Å². The Labute approximate surface area is 169 Å². The highest BCUT2D eigenvalue weighted by Crippen LogP contribution is 2.26. The topological polar surface area (TPSA) is 81.4 Å². The first-order valence-corrected chi connectivity index (χ1v) is 9.72. The minimum Gasteiger partial charge on any atom is -0.497 e. The first-order chi connectivity index (χ1) is 14.0. The van der Waals surface area contributed by atoms with Gasteiger partial charge in [-0.15, -0.1) is 0 Å². The average molecular weight is 392 g/mol. The predicted molar refractivity (Wildman–Crippen MR) is 108 cm³/mol. The van der Waals surface area contributed by atoms with Gasteiger partial charge >= 0.3 is 0 Å². The van der Waals surface area contributed by atoms with Gasteiger partial charge in [-0.2, -0.15) is 0 Å². The van der Waals surface area contributed by atoms with Gasteiger partial charge in [0.25, 0.3) is 5.91 Å². The molecule has 0 saturated carbocycles. The Kier molecular flexibility index (Phi) is 5.29. The highest BCUT2D eigenvalue weighted by atomic mass is 16.5. The van der Waals surface area contributed by atoms with Gasteiger partial charge in [0.05, 0.1) is 36.0 Å². The summed E-state index contributed by atoms with van der Waals surface area (Å²) in [6.45, 7) is 5.25. The zero-order chi connectivity index (χ0) is 20.4. The zero-order valence-corrected chi connectivity index (χ0v) is 16.9. The Morgan fingerprint density at radius 1 is 1.28 bits per heavy atom. The molecule has 0 N–H and O–H groups in total. The van der Waals surface area contributed by atoms with E-state index in [0.29, 0.717) is 17.2 Å². The van der Waals surface area contributed by atoms with Crippen molar-refractivity contribution in [3.63, 3.8) is 0 Å². The standard InChI is InChI=1S/C22H24N4O3/c1-14-21(15(2)29-25-14)20-12-23-18(11-24-20)9-16-7-8-26(13-16)22(27)17-5-4-6-19(10-17)28-3/h4-6,10-12,16H,7-9,13H2,1-3H3. The van der Waals surface area contributed by atoms with Crippen molar-refractivity contribution in [2.75, 3.05) is 20.2 Å². The molecule has 0 spiro atoms. The molecule has 2 aromatic heterocycles. The van der Waals surface area contributed by atoms with E-state index in [1.54, 1.807) is 19.4 Å². The van der Waals surface area contributed by atoms with Gasteiger partial charge in [-0.1, -0.05) is 11.2 Å². The van der Waals surface area contributed by atoms with Crippen molar-refractivity contribution in [2.24, 2.45) is 5.92 Å². The first-order valence-electron chi connectivity index (χ1n) is 9.72. The molecule has 1 fully saturated rings. The third kappa shape index (κ3) is 3.99. The molecule has 1 unspecified atom stereocenters. The van der Waals surface area contributed by atoms with Gasteiger partial charge in [0.15, 0.2) is 0 Å². The summed E-state index contributed by atoms with van der Waals surface area (Å²) in [5.74, 6) is 1.86. The third-order valence-corrected chi connectivity index (χ3v) is 5.38. The van der Waals surface area contributed by atoms with E-state index < -0.39 is 0 Å². The molecule has 1 aliphatic rings. The number of aromatic nitrogens is 3. The van der Waals surface area contributed by atoms with Crippen molar-refractivity contribution in [2.45, 2.75) is 26.7 Å². The van der Waals surface area contributed by atoms with Crippen LogP contribution in [0.25, 0.3) is 11.3 Å². The number of amides is 1. The molecule has 1 atom stereocenters. The number of benzene rings is 1. The number of likely N-dealkylation sites (tertiary alicyclic amines) is 1. The molecular weight excluding hydrogens is 368 g/mol. The number of hydrogen-bond acceptors (Lipinski definition) is 6. The van der Waals surface area contributed by atoms with E-state index in [1.165, 1.54) is 0 Å². The summed E-state index contributed by atoms with van der Waals surface area (Å²) in [6.07, 6.45) is 5.35.